The van der Waals surface area contributed by atoms with E-state index in [-0.39, 0.29) is 0 Å². The molecule has 0 saturated carbocycles. The Morgan fingerprint density at radius 3 is 2.22 bits per heavy atom. The number of nitrogens with zero attached hydrogens (tertiary/aromatic N) is 2. The fraction of sp³-hybridized carbons (Fsp3) is 0.250. The Kier molecular flexibility index (Phi) is 4.30. The van der Waals surface area contributed by atoms with Crippen LogP contribution in [0.15, 0.2) is 66.9 Å². The molecular weight excluding hydrogens is 284 g/mol. The highest BCUT2D eigenvalue weighted by Gasteiger charge is 2.33. The highest BCUT2D eigenvalue weighted by molar-refractivity contribution is 5.33. The van der Waals surface area contributed by atoms with Gasteiger partial charge in [-0.1, -0.05) is 67.6 Å². The normalized spacial score (nSPS) is 13.7. The summed E-state index contributed by atoms with van der Waals surface area (Å²) in [6.45, 7) is 4.69. The van der Waals surface area contributed by atoms with Crippen LogP contribution in [0.25, 0.3) is 0 Å². The van der Waals surface area contributed by atoms with Crippen LogP contribution < -0.4 is 0 Å². The van der Waals surface area contributed by atoms with Crippen molar-refractivity contribution in [2.45, 2.75) is 32.4 Å². The van der Waals surface area contributed by atoms with E-state index in [2.05, 4.69) is 21.7 Å². The average molecular weight is 306 g/mol. The Hall–Kier alpha value is -2.39. The first kappa shape index (κ1) is 15.5. The topological polar surface area (TPSA) is 38.1 Å². The highest BCUT2D eigenvalue weighted by Crippen LogP contribution is 2.33. The Labute approximate surface area is 137 Å². The highest BCUT2D eigenvalue weighted by atomic mass is 16.3. The van der Waals surface area contributed by atoms with Crippen LogP contribution in [-0.4, -0.2) is 14.7 Å². The minimum atomic E-state index is -1.03. The van der Waals surface area contributed by atoms with E-state index in [4.69, 9.17) is 0 Å². The summed E-state index contributed by atoms with van der Waals surface area (Å²) in [5, 5.41) is 11.4. The third-order valence-corrected chi connectivity index (χ3v) is 4.43. The van der Waals surface area contributed by atoms with E-state index in [1.54, 1.807) is 6.20 Å². The van der Waals surface area contributed by atoms with Crippen molar-refractivity contribution in [3.05, 3.63) is 89.5 Å². The molecule has 1 N–H and O–H groups in total. The lowest BCUT2D eigenvalue weighted by Crippen LogP contribution is -2.30. The molecule has 118 valence electrons. The van der Waals surface area contributed by atoms with Crippen LogP contribution in [-0.2, 0) is 12.1 Å². The van der Waals surface area contributed by atoms with Gasteiger partial charge in [0.2, 0.25) is 0 Å². The number of hydrogen-bond donors (Lipinski definition) is 1. The fourth-order valence-corrected chi connectivity index (χ4v) is 3.01. The van der Waals surface area contributed by atoms with E-state index in [1.807, 2.05) is 62.4 Å². The quantitative estimate of drug-likeness (QED) is 0.776. The van der Waals surface area contributed by atoms with Crippen LogP contribution in [0.5, 0.6) is 0 Å². The van der Waals surface area contributed by atoms with Gasteiger partial charge < -0.3 is 9.67 Å². The van der Waals surface area contributed by atoms with E-state index in [1.165, 1.54) is 5.56 Å². The molecule has 2 aromatic carbocycles. The van der Waals surface area contributed by atoms with Crippen LogP contribution in [0.1, 0.15) is 36.0 Å². The number of rotatable bonds is 5. The third kappa shape index (κ3) is 2.92. The Morgan fingerprint density at radius 1 is 1.00 bits per heavy atom. The molecule has 0 aliphatic carbocycles. The van der Waals surface area contributed by atoms with Gasteiger partial charge in [0.15, 0.2) is 0 Å². The molecule has 0 unspecified atom stereocenters. The molecule has 0 saturated heterocycles. The molecule has 0 aliphatic heterocycles. The van der Waals surface area contributed by atoms with Gasteiger partial charge in [-0.2, -0.15) is 0 Å². The van der Waals surface area contributed by atoms with Crippen molar-refractivity contribution in [1.82, 2.24) is 9.55 Å². The van der Waals surface area contributed by atoms with Gasteiger partial charge in [0, 0.05) is 6.54 Å². The number of imidazole rings is 1. The standard InChI is InChI=1S/C20H22N2O/c1-3-20(23,18-12-8-5-9-13-18)19-14-21-16(2)22(19)15-17-10-6-4-7-11-17/h4-14,23H,3,15H2,1-2H3/t20-/m0/s1. The number of benzene rings is 2. The van der Waals surface area contributed by atoms with Crippen LogP contribution in [0, 0.1) is 6.92 Å². The SMILES string of the molecule is CC[C@](O)(c1ccccc1)c1cnc(C)n1Cc1ccccc1. The zero-order valence-corrected chi connectivity index (χ0v) is 13.6. The summed E-state index contributed by atoms with van der Waals surface area (Å²) < 4.78 is 2.10. The van der Waals surface area contributed by atoms with Gasteiger partial charge in [-0.15, -0.1) is 0 Å². The van der Waals surface area contributed by atoms with Crippen molar-refractivity contribution in [2.24, 2.45) is 0 Å². The molecule has 3 heteroatoms. The number of aliphatic hydroxyl groups is 1. The Bertz CT molecular complexity index is 765. The molecule has 3 aromatic rings. The van der Waals surface area contributed by atoms with Crippen molar-refractivity contribution in [2.75, 3.05) is 0 Å². The van der Waals surface area contributed by atoms with E-state index in [0.717, 1.165) is 17.1 Å². The summed E-state index contributed by atoms with van der Waals surface area (Å²) >= 11 is 0. The minimum absolute atomic E-state index is 0.594. The van der Waals surface area contributed by atoms with Crippen molar-refractivity contribution in [3.63, 3.8) is 0 Å². The molecule has 3 nitrogen and oxygen atoms in total. The maximum atomic E-state index is 11.4. The summed E-state index contributed by atoms with van der Waals surface area (Å²) in [6.07, 6.45) is 2.39. The first-order valence-corrected chi connectivity index (χ1v) is 7.99. The second-order valence-electron chi connectivity index (χ2n) is 5.84. The van der Waals surface area contributed by atoms with E-state index in [9.17, 15) is 5.11 Å². The number of hydrogen-bond acceptors (Lipinski definition) is 2. The number of aromatic nitrogens is 2. The maximum Gasteiger partial charge on any atom is 0.131 e. The molecule has 1 atom stereocenters. The van der Waals surface area contributed by atoms with Gasteiger partial charge in [0.25, 0.3) is 0 Å². The monoisotopic (exact) mass is 306 g/mol. The molecule has 0 spiro atoms. The molecule has 0 aliphatic rings. The van der Waals surface area contributed by atoms with Crippen molar-refractivity contribution in [3.8, 4) is 0 Å². The zero-order valence-electron chi connectivity index (χ0n) is 13.6. The predicted molar refractivity (Wildman–Crippen MR) is 92.2 cm³/mol. The van der Waals surface area contributed by atoms with Crippen molar-refractivity contribution < 1.29 is 5.11 Å². The first-order valence-electron chi connectivity index (χ1n) is 7.99. The van der Waals surface area contributed by atoms with Gasteiger partial charge in [-0.25, -0.2) is 4.98 Å². The molecule has 0 fully saturated rings. The molecule has 1 aromatic heterocycles. The van der Waals surface area contributed by atoms with Gasteiger partial charge in [0.05, 0.1) is 11.9 Å². The molecule has 3 rings (SSSR count). The second kappa shape index (κ2) is 6.39. The summed E-state index contributed by atoms with van der Waals surface area (Å²) in [5.74, 6) is 0.909. The smallest absolute Gasteiger partial charge is 0.131 e. The zero-order chi connectivity index (χ0) is 16.3. The molecule has 1 heterocycles. The summed E-state index contributed by atoms with van der Waals surface area (Å²) in [7, 11) is 0. The van der Waals surface area contributed by atoms with Gasteiger partial charge >= 0.3 is 0 Å². The predicted octanol–water partition coefficient (Wildman–Crippen LogP) is 3.89. The van der Waals surface area contributed by atoms with Gasteiger partial charge in [-0.3, -0.25) is 0 Å². The van der Waals surface area contributed by atoms with Crippen LogP contribution in [0.2, 0.25) is 0 Å². The van der Waals surface area contributed by atoms with Crippen LogP contribution in [0.4, 0.5) is 0 Å². The fourth-order valence-electron chi connectivity index (χ4n) is 3.01. The third-order valence-electron chi connectivity index (χ3n) is 4.43. The van der Waals surface area contributed by atoms with Crippen LogP contribution in [0.3, 0.4) is 0 Å². The van der Waals surface area contributed by atoms with E-state index in [0.29, 0.717) is 13.0 Å². The first-order chi connectivity index (χ1) is 11.1. The lowest BCUT2D eigenvalue weighted by atomic mass is 9.88. The Balaban J connectivity index is 2.06. The molecule has 0 radical (unpaired) electrons. The molecular formula is C20H22N2O. The average Bonchev–Trinajstić information content (AvgIpc) is 2.97. The van der Waals surface area contributed by atoms with Gasteiger partial charge in [0.1, 0.15) is 11.4 Å². The van der Waals surface area contributed by atoms with Crippen molar-refractivity contribution >= 4 is 0 Å². The Morgan fingerprint density at radius 2 is 1.61 bits per heavy atom. The van der Waals surface area contributed by atoms with Crippen molar-refractivity contribution in [1.29, 1.82) is 0 Å². The molecule has 0 bridgehead atoms. The second-order valence-corrected chi connectivity index (χ2v) is 5.84. The van der Waals surface area contributed by atoms with E-state index < -0.39 is 5.60 Å². The lowest BCUT2D eigenvalue weighted by Gasteiger charge is -2.29. The molecule has 23 heavy (non-hydrogen) atoms. The minimum Gasteiger partial charge on any atom is -0.379 e. The van der Waals surface area contributed by atoms with Crippen LogP contribution >= 0.6 is 0 Å². The largest absolute Gasteiger partial charge is 0.379 e. The molecule has 0 amide bonds. The van der Waals surface area contributed by atoms with E-state index >= 15 is 0 Å². The lowest BCUT2D eigenvalue weighted by molar-refractivity contribution is 0.0681. The summed E-state index contributed by atoms with van der Waals surface area (Å²) in [5.41, 5.74) is 1.91. The maximum absolute atomic E-state index is 11.4. The number of aryl methyl sites for hydroxylation is 1. The summed E-state index contributed by atoms with van der Waals surface area (Å²) in [6, 6.07) is 20.1. The van der Waals surface area contributed by atoms with Gasteiger partial charge in [-0.05, 0) is 24.5 Å². The summed E-state index contributed by atoms with van der Waals surface area (Å²) in [4.78, 5) is 4.46.